The molecule has 208 valence electrons. The number of halogens is 2. The van der Waals surface area contributed by atoms with E-state index in [-0.39, 0.29) is 16.9 Å². The Morgan fingerprint density at radius 3 is 2.29 bits per heavy atom. The van der Waals surface area contributed by atoms with E-state index in [1.165, 1.54) is 11.8 Å². The lowest BCUT2D eigenvalue weighted by atomic mass is 10.1. The fraction of sp³-hybridized carbons (Fsp3) is 0.0938. The number of thioether (sulfide) groups is 1. The second-order valence-corrected chi connectivity index (χ2v) is 11.5. The average Bonchev–Trinajstić information content (AvgIpc) is 2.98. The summed E-state index contributed by atoms with van der Waals surface area (Å²) in [6.07, 6.45) is 2.20. The summed E-state index contributed by atoms with van der Waals surface area (Å²) < 4.78 is 0.897. The van der Waals surface area contributed by atoms with Crippen molar-refractivity contribution in [3.63, 3.8) is 0 Å². The van der Waals surface area contributed by atoms with Crippen molar-refractivity contribution >= 4 is 74.5 Å². The SMILES string of the molecule is CCC(Sc1cccc(NC(=O)/C(=C/c2ccc(Br)cc2)NC(=O)c2ccccc2)c1)C(=O)Nc1ccccc1Cl. The van der Waals surface area contributed by atoms with Crippen molar-refractivity contribution < 1.29 is 14.4 Å². The molecule has 0 bridgehead atoms. The molecule has 0 aliphatic rings. The van der Waals surface area contributed by atoms with Crippen molar-refractivity contribution in [1.82, 2.24) is 5.32 Å². The second kappa shape index (κ2) is 14.7. The van der Waals surface area contributed by atoms with E-state index < -0.39 is 11.8 Å². The minimum Gasteiger partial charge on any atom is -0.324 e. The molecule has 0 aromatic heterocycles. The van der Waals surface area contributed by atoms with E-state index in [2.05, 4.69) is 31.9 Å². The molecular formula is C32H27BrClN3O3S. The highest BCUT2D eigenvalue weighted by molar-refractivity contribution is 9.10. The molecule has 41 heavy (non-hydrogen) atoms. The average molecular weight is 649 g/mol. The number of amides is 3. The lowest BCUT2D eigenvalue weighted by molar-refractivity contribution is -0.116. The largest absolute Gasteiger partial charge is 0.324 e. The maximum absolute atomic E-state index is 13.4. The Morgan fingerprint density at radius 2 is 1.59 bits per heavy atom. The van der Waals surface area contributed by atoms with Crippen LogP contribution in [0.25, 0.3) is 6.08 Å². The highest BCUT2D eigenvalue weighted by Gasteiger charge is 2.20. The Kier molecular flexibility index (Phi) is 10.8. The maximum Gasteiger partial charge on any atom is 0.272 e. The van der Waals surface area contributed by atoms with Gasteiger partial charge in [-0.2, -0.15) is 0 Å². The van der Waals surface area contributed by atoms with Crippen LogP contribution in [0.2, 0.25) is 5.02 Å². The Morgan fingerprint density at radius 1 is 0.878 bits per heavy atom. The number of hydrogen-bond acceptors (Lipinski definition) is 4. The molecule has 3 amide bonds. The standard InChI is InChI=1S/C32H27BrClN3O3S/c1-2-29(32(40)36-27-14-7-6-13-26(27)34)41-25-12-8-11-24(20-25)35-31(39)28(19-21-15-17-23(33)18-16-21)37-30(38)22-9-4-3-5-10-22/h3-20,29H,2H2,1H3,(H,35,39)(H,36,40)(H,37,38)/b28-19-. The molecule has 1 unspecified atom stereocenters. The van der Waals surface area contributed by atoms with Gasteiger partial charge in [0.1, 0.15) is 5.70 Å². The van der Waals surface area contributed by atoms with Gasteiger partial charge in [-0.15, -0.1) is 11.8 Å². The quantitative estimate of drug-likeness (QED) is 0.120. The zero-order valence-electron chi connectivity index (χ0n) is 22.1. The van der Waals surface area contributed by atoms with Gasteiger partial charge in [-0.05, 0) is 72.7 Å². The number of nitrogens with one attached hydrogen (secondary N) is 3. The van der Waals surface area contributed by atoms with Gasteiger partial charge in [0.05, 0.1) is 16.0 Å². The Bertz CT molecular complexity index is 1560. The third-order valence-electron chi connectivity index (χ3n) is 5.88. The van der Waals surface area contributed by atoms with Crippen molar-refractivity contribution in [2.24, 2.45) is 0 Å². The molecule has 1 atom stereocenters. The van der Waals surface area contributed by atoms with Crippen LogP contribution in [0, 0.1) is 0 Å². The molecule has 3 N–H and O–H groups in total. The predicted molar refractivity (Wildman–Crippen MR) is 171 cm³/mol. The second-order valence-electron chi connectivity index (χ2n) is 8.90. The third kappa shape index (κ3) is 8.82. The van der Waals surface area contributed by atoms with Crippen LogP contribution < -0.4 is 16.0 Å². The summed E-state index contributed by atoms with van der Waals surface area (Å²) in [5.41, 5.74) is 2.34. The zero-order valence-corrected chi connectivity index (χ0v) is 25.2. The minimum absolute atomic E-state index is 0.0878. The number of para-hydroxylation sites is 1. The molecule has 4 rings (SSSR count). The summed E-state index contributed by atoms with van der Waals surface area (Å²) in [6.45, 7) is 1.93. The van der Waals surface area contributed by atoms with Gasteiger partial charge < -0.3 is 16.0 Å². The summed E-state index contributed by atoms with van der Waals surface area (Å²) in [7, 11) is 0. The summed E-state index contributed by atoms with van der Waals surface area (Å²) in [5.74, 6) is -1.05. The molecular weight excluding hydrogens is 622 g/mol. The molecule has 0 fully saturated rings. The number of rotatable bonds is 10. The Balaban J connectivity index is 1.50. The highest BCUT2D eigenvalue weighted by atomic mass is 79.9. The van der Waals surface area contributed by atoms with E-state index in [0.29, 0.717) is 28.4 Å². The number of hydrogen-bond donors (Lipinski definition) is 3. The first-order chi connectivity index (χ1) is 19.8. The summed E-state index contributed by atoms with van der Waals surface area (Å²) in [4.78, 5) is 40.0. The maximum atomic E-state index is 13.4. The fourth-order valence-corrected chi connectivity index (χ4v) is 5.24. The first-order valence-electron chi connectivity index (χ1n) is 12.8. The number of carbonyl (C=O) groups excluding carboxylic acids is 3. The summed E-state index contributed by atoms with van der Waals surface area (Å²) in [5, 5.41) is 8.60. The van der Waals surface area contributed by atoms with E-state index in [1.54, 1.807) is 66.7 Å². The lowest BCUT2D eigenvalue weighted by Gasteiger charge is -2.16. The Hall–Kier alpha value is -3.85. The van der Waals surface area contributed by atoms with E-state index in [1.807, 2.05) is 49.4 Å². The van der Waals surface area contributed by atoms with Gasteiger partial charge in [0, 0.05) is 20.6 Å². The number of anilines is 2. The predicted octanol–water partition coefficient (Wildman–Crippen LogP) is 8.02. The highest BCUT2D eigenvalue weighted by Crippen LogP contribution is 2.30. The summed E-state index contributed by atoms with van der Waals surface area (Å²) >= 11 is 11.0. The van der Waals surface area contributed by atoms with E-state index in [9.17, 15) is 14.4 Å². The molecule has 0 spiro atoms. The van der Waals surface area contributed by atoms with Crippen LogP contribution in [0.1, 0.15) is 29.3 Å². The van der Waals surface area contributed by atoms with Crippen LogP contribution in [0.4, 0.5) is 11.4 Å². The number of carbonyl (C=O) groups is 3. The van der Waals surface area contributed by atoms with Crippen LogP contribution in [-0.4, -0.2) is 23.0 Å². The van der Waals surface area contributed by atoms with Gasteiger partial charge in [-0.25, -0.2) is 0 Å². The van der Waals surface area contributed by atoms with Gasteiger partial charge in [0.2, 0.25) is 5.91 Å². The van der Waals surface area contributed by atoms with Crippen molar-refractivity contribution in [3.8, 4) is 0 Å². The van der Waals surface area contributed by atoms with E-state index >= 15 is 0 Å². The molecule has 0 aliphatic heterocycles. The molecule has 9 heteroatoms. The topological polar surface area (TPSA) is 87.3 Å². The van der Waals surface area contributed by atoms with Gasteiger partial charge in [0.25, 0.3) is 11.8 Å². The molecule has 4 aromatic carbocycles. The van der Waals surface area contributed by atoms with Crippen molar-refractivity contribution in [1.29, 1.82) is 0 Å². The van der Waals surface area contributed by atoms with Gasteiger partial charge in [-0.1, -0.05) is 83.0 Å². The van der Waals surface area contributed by atoms with Crippen LogP contribution in [0.15, 0.2) is 118 Å². The number of benzene rings is 4. The zero-order chi connectivity index (χ0) is 29.2. The van der Waals surface area contributed by atoms with E-state index in [4.69, 9.17) is 11.6 Å². The van der Waals surface area contributed by atoms with Gasteiger partial charge in [0.15, 0.2) is 0 Å². The van der Waals surface area contributed by atoms with Crippen molar-refractivity contribution in [2.45, 2.75) is 23.5 Å². The summed E-state index contributed by atoms with van der Waals surface area (Å²) in [6, 6.07) is 30.4. The molecule has 0 radical (unpaired) electrons. The van der Waals surface area contributed by atoms with Gasteiger partial charge >= 0.3 is 0 Å². The molecule has 0 saturated heterocycles. The first-order valence-corrected chi connectivity index (χ1v) is 14.8. The molecule has 4 aromatic rings. The molecule has 6 nitrogen and oxygen atoms in total. The van der Waals surface area contributed by atoms with Crippen molar-refractivity contribution in [3.05, 3.63) is 129 Å². The first kappa shape index (κ1) is 30.1. The van der Waals surface area contributed by atoms with Crippen LogP contribution in [-0.2, 0) is 9.59 Å². The molecule has 0 saturated carbocycles. The van der Waals surface area contributed by atoms with Gasteiger partial charge in [-0.3, -0.25) is 14.4 Å². The van der Waals surface area contributed by atoms with Crippen LogP contribution in [0.5, 0.6) is 0 Å². The lowest BCUT2D eigenvalue weighted by Crippen LogP contribution is -2.30. The van der Waals surface area contributed by atoms with Crippen molar-refractivity contribution in [2.75, 3.05) is 10.6 Å². The van der Waals surface area contributed by atoms with Crippen LogP contribution >= 0.6 is 39.3 Å². The minimum atomic E-state index is -0.483. The normalized spacial score (nSPS) is 11.8. The van der Waals surface area contributed by atoms with Crippen LogP contribution in [0.3, 0.4) is 0 Å². The fourth-order valence-electron chi connectivity index (χ4n) is 3.78. The van der Waals surface area contributed by atoms with E-state index in [0.717, 1.165) is 14.9 Å². The monoisotopic (exact) mass is 647 g/mol. The Labute approximate surface area is 256 Å². The molecule has 0 aliphatic carbocycles. The smallest absolute Gasteiger partial charge is 0.272 e. The third-order valence-corrected chi connectivity index (χ3v) is 8.09. The molecule has 0 heterocycles.